The fraction of sp³-hybridized carbons (Fsp3) is 0.167. The molecule has 0 aliphatic carbocycles. The lowest BCUT2D eigenvalue weighted by Crippen LogP contribution is -2.27. The number of nitrogens with zero attached hydrogens (tertiary/aromatic N) is 2. The van der Waals surface area contributed by atoms with Crippen LogP contribution >= 0.6 is 0 Å². The summed E-state index contributed by atoms with van der Waals surface area (Å²) in [4.78, 5) is 41.7. The third kappa shape index (κ3) is 8.16. The summed E-state index contributed by atoms with van der Waals surface area (Å²) in [6, 6.07) is 11.9. The molecule has 2 aromatic carbocycles. The number of benzene rings is 2. The first-order valence-electron chi connectivity index (χ1n) is 10.4. The number of pyridine rings is 1. The first-order valence-corrected chi connectivity index (χ1v) is 10.4. The first-order chi connectivity index (χ1) is 16.7. The van der Waals surface area contributed by atoms with Crippen LogP contribution in [-0.4, -0.2) is 48.2 Å². The van der Waals surface area contributed by atoms with Crippen LogP contribution in [0.3, 0.4) is 0 Å². The van der Waals surface area contributed by atoms with Crippen LogP contribution in [0.5, 0.6) is 11.5 Å². The predicted molar refractivity (Wildman–Crippen MR) is 126 cm³/mol. The van der Waals surface area contributed by atoms with E-state index in [1.54, 1.807) is 19.0 Å². The van der Waals surface area contributed by atoms with Gasteiger partial charge in [0.15, 0.2) is 0 Å². The SMILES string of the molecule is CN(C)CC(=O)Nc1cc(Oc2ccc(NC(=O)CC(=O)Nc3ccc(F)cc3)c(F)c2)ccn1. The topological polar surface area (TPSA) is 113 Å². The Balaban J connectivity index is 1.56. The van der Waals surface area contributed by atoms with Crippen LogP contribution in [0.4, 0.5) is 26.0 Å². The van der Waals surface area contributed by atoms with E-state index in [9.17, 15) is 23.2 Å². The number of ether oxygens (including phenoxy) is 1. The Kier molecular flexibility index (Phi) is 8.41. The second-order valence-electron chi connectivity index (χ2n) is 7.69. The van der Waals surface area contributed by atoms with Crippen molar-refractivity contribution in [1.82, 2.24) is 9.88 Å². The van der Waals surface area contributed by atoms with Crippen molar-refractivity contribution in [1.29, 1.82) is 0 Å². The summed E-state index contributed by atoms with van der Waals surface area (Å²) in [6.07, 6.45) is 0.872. The summed E-state index contributed by atoms with van der Waals surface area (Å²) < 4.78 is 33.0. The van der Waals surface area contributed by atoms with Crippen molar-refractivity contribution in [3.05, 3.63) is 72.4 Å². The third-order valence-electron chi connectivity index (χ3n) is 4.36. The fourth-order valence-electron chi connectivity index (χ4n) is 2.89. The van der Waals surface area contributed by atoms with Gasteiger partial charge in [0.1, 0.15) is 35.4 Å². The second-order valence-corrected chi connectivity index (χ2v) is 7.69. The first kappa shape index (κ1) is 25.2. The average molecular weight is 483 g/mol. The standard InChI is InChI=1S/C24H23F2N5O4/c1-31(2)14-24(34)30-21-12-18(9-10-27-21)35-17-7-8-20(19(26)11-17)29-23(33)13-22(32)28-16-5-3-15(25)4-6-16/h3-12H,13-14H2,1-2H3,(H,28,32)(H,29,33)(H,27,30,34). The highest BCUT2D eigenvalue weighted by atomic mass is 19.1. The van der Waals surface area contributed by atoms with Crippen molar-refractivity contribution < 1.29 is 27.9 Å². The molecule has 9 nitrogen and oxygen atoms in total. The maximum Gasteiger partial charge on any atom is 0.239 e. The Labute approximate surface area is 200 Å². The van der Waals surface area contributed by atoms with Crippen molar-refractivity contribution in [2.75, 3.05) is 36.6 Å². The van der Waals surface area contributed by atoms with Crippen molar-refractivity contribution in [2.24, 2.45) is 0 Å². The van der Waals surface area contributed by atoms with Crippen molar-refractivity contribution >= 4 is 34.9 Å². The number of hydrogen-bond donors (Lipinski definition) is 3. The molecule has 0 atom stereocenters. The molecule has 3 aromatic rings. The summed E-state index contributed by atoms with van der Waals surface area (Å²) in [7, 11) is 3.52. The minimum absolute atomic E-state index is 0.136. The molecular formula is C24H23F2N5O4. The maximum absolute atomic E-state index is 14.5. The van der Waals surface area contributed by atoms with E-state index in [0.717, 1.165) is 6.07 Å². The van der Waals surface area contributed by atoms with E-state index in [2.05, 4.69) is 20.9 Å². The highest BCUT2D eigenvalue weighted by molar-refractivity contribution is 6.08. The van der Waals surface area contributed by atoms with E-state index in [0.29, 0.717) is 11.4 Å². The van der Waals surface area contributed by atoms with E-state index in [-0.39, 0.29) is 29.7 Å². The molecule has 0 bridgehead atoms. The third-order valence-corrected chi connectivity index (χ3v) is 4.36. The van der Waals surface area contributed by atoms with Gasteiger partial charge in [-0.05, 0) is 56.6 Å². The lowest BCUT2D eigenvalue weighted by molar-refractivity contribution is -0.123. The molecule has 3 rings (SSSR count). The molecule has 0 unspecified atom stereocenters. The second kappa shape index (κ2) is 11.7. The molecular weight excluding hydrogens is 460 g/mol. The molecule has 1 heterocycles. The van der Waals surface area contributed by atoms with Gasteiger partial charge >= 0.3 is 0 Å². The Hall–Kier alpha value is -4.38. The minimum atomic E-state index is -0.775. The lowest BCUT2D eigenvalue weighted by atomic mass is 10.2. The Morgan fingerprint density at radius 3 is 2.23 bits per heavy atom. The van der Waals surface area contributed by atoms with Crippen LogP contribution in [0.2, 0.25) is 0 Å². The van der Waals surface area contributed by atoms with Gasteiger partial charge in [-0.1, -0.05) is 0 Å². The summed E-state index contributed by atoms with van der Waals surface area (Å²) in [5.74, 6) is -2.12. The normalized spacial score (nSPS) is 10.5. The van der Waals surface area contributed by atoms with Gasteiger partial charge in [-0.15, -0.1) is 0 Å². The number of hydrogen-bond acceptors (Lipinski definition) is 6. The van der Waals surface area contributed by atoms with Crippen LogP contribution in [-0.2, 0) is 14.4 Å². The minimum Gasteiger partial charge on any atom is -0.457 e. The van der Waals surface area contributed by atoms with E-state index in [1.165, 1.54) is 54.7 Å². The monoisotopic (exact) mass is 483 g/mol. The molecule has 3 N–H and O–H groups in total. The van der Waals surface area contributed by atoms with Gasteiger partial charge in [0.25, 0.3) is 0 Å². The Morgan fingerprint density at radius 1 is 0.857 bits per heavy atom. The molecule has 3 amide bonds. The molecule has 0 fully saturated rings. The number of rotatable bonds is 9. The zero-order chi connectivity index (χ0) is 25.4. The fourth-order valence-corrected chi connectivity index (χ4v) is 2.89. The van der Waals surface area contributed by atoms with Gasteiger partial charge < -0.3 is 25.6 Å². The smallest absolute Gasteiger partial charge is 0.239 e. The van der Waals surface area contributed by atoms with E-state index < -0.39 is 29.9 Å². The predicted octanol–water partition coefficient (Wildman–Crippen LogP) is 3.62. The number of nitrogens with one attached hydrogen (secondary N) is 3. The summed E-state index contributed by atoms with van der Waals surface area (Å²) in [6.45, 7) is 0.180. The highest BCUT2D eigenvalue weighted by Crippen LogP contribution is 2.26. The van der Waals surface area contributed by atoms with Crippen LogP contribution < -0.4 is 20.7 Å². The van der Waals surface area contributed by atoms with Gasteiger partial charge in [-0.2, -0.15) is 0 Å². The largest absolute Gasteiger partial charge is 0.457 e. The molecule has 1 aromatic heterocycles. The van der Waals surface area contributed by atoms with Crippen LogP contribution in [0.1, 0.15) is 6.42 Å². The van der Waals surface area contributed by atoms with Gasteiger partial charge in [-0.3, -0.25) is 14.4 Å². The number of anilines is 3. The number of aromatic nitrogens is 1. The van der Waals surface area contributed by atoms with E-state index >= 15 is 0 Å². The average Bonchev–Trinajstić information content (AvgIpc) is 2.77. The molecule has 0 saturated heterocycles. The van der Waals surface area contributed by atoms with Crippen molar-refractivity contribution in [2.45, 2.75) is 6.42 Å². The van der Waals surface area contributed by atoms with Crippen LogP contribution in [0.25, 0.3) is 0 Å². The zero-order valence-corrected chi connectivity index (χ0v) is 19.0. The van der Waals surface area contributed by atoms with Gasteiger partial charge in [0, 0.05) is 24.0 Å². The van der Waals surface area contributed by atoms with E-state index in [1.807, 2.05) is 0 Å². The van der Waals surface area contributed by atoms with Crippen LogP contribution in [0, 0.1) is 11.6 Å². The molecule has 0 spiro atoms. The number of amides is 3. The lowest BCUT2D eigenvalue weighted by Gasteiger charge is -2.12. The summed E-state index contributed by atoms with van der Waals surface area (Å²) >= 11 is 0. The molecule has 11 heteroatoms. The highest BCUT2D eigenvalue weighted by Gasteiger charge is 2.13. The quantitative estimate of drug-likeness (QED) is 0.401. The number of halogens is 2. The number of carbonyl (C=O) groups excluding carboxylic acids is 3. The molecule has 0 aliphatic heterocycles. The molecule has 35 heavy (non-hydrogen) atoms. The summed E-state index contributed by atoms with van der Waals surface area (Å²) in [5.41, 5.74) is 0.191. The Morgan fingerprint density at radius 2 is 1.54 bits per heavy atom. The maximum atomic E-state index is 14.5. The summed E-state index contributed by atoms with van der Waals surface area (Å²) in [5, 5.41) is 7.40. The van der Waals surface area contributed by atoms with Crippen molar-refractivity contribution in [3.63, 3.8) is 0 Å². The zero-order valence-electron chi connectivity index (χ0n) is 19.0. The van der Waals surface area contributed by atoms with Gasteiger partial charge in [0.2, 0.25) is 17.7 Å². The number of carbonyl (C=O) groups is 3. The molecule has 0 saturated carbocycles. The Bertz CT molecular complexity index is 1220. The molecule has 182 valence electrons. The van der Waals surface area contributed by atoms with Crippen molar-refractivity contribution in [3.8, 4) is 11.5 Å². The van der Waals surface area contributed by atoms with Gasteiger partial charge in [-0.25, -0.2) is 13.8 Å². The van der Waals surface area contributed by atoms with E-state index in [4.69, 9.17) is 4.74 Å². The van der Waals surface area contributed by atoms with Crippen LogP contribution in [0.15, 0.2) is 60.8 Å². The van der Waals surface area contributed by atoms with Gasteiger partial charge in [0.05, 0.1) is 12.2 Å². The molecule has 0 radical (unpaired) electrons. The number of likely N-dealkylation sites (N-methyl/N-ethyl adjacent to an activating group) is 1. The molecule has 0 aliphatic rings.